The second kappa shape index (κ2) is 4.15. The van der Waals surface area contributed by atoms with Gasteiger partial charge in [0.25, 0.3) is 0 Å². The van der Waals surface area contributed by atoms with Crippen LogP contribution in [0.2, 0.25) is 0 Å². The molecule has 90 valence electrons. The first kappa shape index (κ1) is 10.8. The average molecular weight is 231 g/mol. The molecule has 1 aliphatic heterocycles. The lowest BCUT2D eigenvalue weighted by molar-refractivity contribution is -0.0895. The Morgan fingerprint density at radius 1 is 1.47 bits per heavy atom. The monoisotopic (exact) mass is 231 g/mol. The SMILES string of the molecule is N#Cc1nccn1C1CCOC2(CCCC2)C1. The summed E-state index contributed by atoms with van der Waals surface area (Å²) in [7, 11) is 0. The molecule has 1 saturated heterocycles. The second-order valence-corrected chi connectivity index (χ2v) is 5.16. The molecule has 1 atom stereocenters. The molecule has 0 radical (unpaired) electrons. The maximum Gasteiger partial charge on any atom is 0.212 e. The predicted octanol–water partition coefficient (Wildman–Crippen LogP) is 2.42. The number of nitriles is 1. The van der Waals surface area contributed by atoms with Crippen LogP contribution in [0.15, 0.2) is 12.4 Å². The third-order valence-electron chi connectivity index (χ3n) is 4.14. The van der Waals surface area contributed by atoms with Crippen LogP contribution >= 0.6 is 0 Å². The van der Waals surface area contributed by atoms with Gasteiger partial charge in [-0.3, -0.25) is 0 Å². The Hall–Kier alpha value is -1.34. The van der Waals surface area contributed by atoms with Gasteiger partial charge in [0.1, 0.15) is 6.07 Å². The lowest BCUT2D eigenvalue weighted by Gasteiger charge is -2.38. The van der Waals surface area contributed by atoms with Crippen LogP contribution < -0.4 is 0 Å². The molecular weight excluding hydrogens is 214 g/mol. The number of rotatable bonds is 1. The molecule has 2 aliphatic rings. The minimum absolute atomic E-state index is 0.0971. The fourth-order valence-corrected chi connectivity index (χ4v) is 3.30. The summed E-state index contributed by atoms with van der Waals surface area (Å²) >= 11 is 0. The third-order valence-corrected chi connectivity index (χ3v) is 4.14. The van der Waals surface area contributed by atoms with E-state index in [0.717, 1.165) is 19.4 Å². The molecule has 1 aromatic heterocycles. The van der Waals surface area contributed by atoms with Crippen molar-refractivity contribution < 1.29 is 4.74 Å². The smallest absolute Gasteiger partial charge is 0.212 e. The molecule has 4 heteroatoms. The van der Waals surface area contributed by atoms with Crippen LogP contribution in [0.4, 0.5) is 0 Å². The van der Waals surface area contributed by atoms with Crippen molar-refractivity contribution in [1.82, 2.24) is 9.55 Å². The summed E-state index contributed by atoms with van der Waals surface area (Å²) in [6, 6.07) is 2.55. The highest BCUT2D eigenvalue weighted by atomic mass is 16.5. The third kappa shape index (κ3) is 1.85. The fraction of sp³-hybridized carbons (Fsp3) is 0.692. The molecule has 0 N–H and O–H groups in total. The first-order valence-corrected chi connectivity index (χ1v) is 6.40. The summed E-state index contributed by atoms with van der Waals surface area (Å²) in [5.74, 6) is 0.532. The molecular formula is C13H17N3O. The highest BCUT2D eigenvalue weighted by molar-refractivity contribution is 5.13. The molecule has 1 saturated carbocycles. The topological polar surface area (TPSA) is 50.8 Å². The van der Waals surface area contributed by atoms with Gasteiger partial charge in [-0.25, -0.2) is 4.98 Å². The Labute approximate surface area is 101 Å². The van der Waals surface area contributed by atoms with Crippen molar-refractivity contribution in [2.24, 2.45) is 0 Å². The summed E-state index contributed by atoms with van der Waals surface area (Å²) in [6.45, 7) is 0.813. The van der Waals surface area contributed by atoms with Crippen molar-refractivity contribution >= 4 is 0 Å². The van der Waals surface area contributed by atoms with Gasteiger partial charge in [-0.15, -0.1) is 0 Å². The van der Waals surface area contributed by atoms with Crippen LogP contribution in [0.3, 0.4) is 0 Å². The van der Waals surface area contributed by atoms with E-state index in [9.17, 15) is 0 Å². The number of hydrogen-bond donors (Lipinski definition) is 0. The Kier molecular flexibility index (Phi) is 2.64. The van der Waals surface area contributed by atoms with Crippen LogP contribution in [0, 0.1) is 11.3 Å². The first-order valence-electron chi connectivity index (χ1n) is 6.40. The number of imidazole rings is 1. The Morgan fingerprint density at radius 3 is 3.06 bits per heavy atom. The molecule has 1 unspecified atom stereocenters. The lowest BCUT2D eigenvalue weighted by Crippen LogP contribution is -2.38. The van der Waals surface area contributed by atoms with Crippen LogP contribution in [0.5, 0.6) is 0 Å². The number of hydrogen-bond acceptors (Lipinski definition) is 3. The number of aromatic nitrogens is 2. The van der Waals surface area contributed by atoms with Crippen molar-refractivity contribution in [3.05, 3.63) is 18.2 Å². The van der Waals surface area contributed by atoms with Gasteiger partial charge in [-0.2, -0.15) is 5.26 Å². The zero-order chi connectivity index (χ0) is 11.7. The molecule has 4 nitrogen and oxygen atoms in total. The van der Waals surface area contributed by atoms with Gasteiger partial charge in [0.05, 0.1) is 5.60 Å². The van der Waals surface area contributed by atoms with Crippen molar-refractivity contribution in [3.8, 4) is 6.07 Å². The van der Waals surface area contributed by atoms with E-state index in [2.05, 4.69) is 11.1 Å². The molecule has 1 aliphatic carbocycles. The quantitative estimate of drug-likeness (QED) is 0.745. The molecule has 3 rings (SSSR count). The molecule has 2 fully saturated rings. The normalized spacial score (nSPS) is 27.1. The van der Waals surface area contributed by atoms with Crippen molar-refractivity contribution in [1.29, 1.82) is 5.26 Å². The van der Waals surface area contributed by atoms with E-state index in [1.165, 1.54) is 25.7 Å². The van der Waals surface area contributed by atoms with E-state index in [4.69, 9.17) is 10.00 Å². The Morgan fingerprint density at radius 2 is 2.29 bits per heavy atom. The summed E-state index contributed by atoms with van der Waals surface area (Å²) in [4.78, 5) is 4.09. The Bertz CT molecular complexity index is 440. The molecule has 0 bridgehead atoms. The summed E-state index contributed by atoms with van der Waals surface area (Å²) in [5.41, 5.74) is 0.0971. The van der Waals surface area contributed by atoms with Gasteiger partial charge >= 0.3 is 0 Å². The largest absolute Gasteiger partial charge is 0.375 e. The van der Waals surface area contributed by atoms with Crippen LogP contribution in [0.25, 0.3) is 0 Å². The summed E-state index contributed by atoms with van der Waals surface area (Å²) < 4.78 is 8.04. The average Bonchev–Trinajstić information content (AvgIpc) is 2.98. The standard InChI is InChI=1S/C13H17N3O/c14-10-12-15-6-7-16(12)11-3-8-17-13(9-11)4-1-2-5-13/h6-7,11H,1-5,8-9H2. The molecule has 1 spiro atoms. The van der Waals surface area contributed by atoms with Crippen molar-refractivity contribution in [2.45, 2.75) is 50.2 Å². The van der Waals surface area contributed by atoms with E-state index in [1.54, 1.807) is 6.20 Å². The summed E-state index contributed by atoms with van der Waals surface area (Å²) in [6.07, 6.45) is 10.6. The van der Waals surface area contributed by atoms with Gasteiger partial charge < -0.3 is 9.30 Å². The highest BCUT2D eigenvalue weighted by Crippen LogP contribution is 2.43. The zero-order valence-electron chi connectivity index (χ0n) is 9.93. The van der Waals surface area contributed by atoms with Gasteiger partial charge in [0.2, 0.25) is 5.82 Å². The van der Waals surface area contributed by atoms with Crippen LogP contribution in [-0.4, -0.2) is 21.8 Å². The second-order valence-electron chi connectivity index (χ2n) is 5.16. The first-order chi connectivity index (χ1) is 8.33. The van der Waals surface area contributed by atoms with Crippen molar-refractivity contribution in [3.63, 3.8) is 0 Å². The van der Waals surface area contributed by atoms with Gasteiger partial charge in [0.15, 0.2) is 0 Å². The zero-order valence-corrected chi connectivity index (χ0v) is 9.93. The van der Waals surface area contributed by atoms with E-state index in [1.807, 2.05) is 10.8 Å². The minimum atomic E-state index is 0.0971. The molecule has 2 heterocycles. The van der Waals surface area contributed by atoms with Crippen LogP contribution in [0.1, 0.15) is 50.4 Å². The van der Waals surface area contributed by atoms with E-state index in [-0.39, 0.29) is 5.60 Å². The lowest BCUT2D eigenvalue weighted by atomic mass is 9.89. The molecule has 1 aromatic rings. The summed E-state index contributed by atoms with van der Waals surface area (Å²) in [5, 5.41) is 9.03. The van der Waals surface area contributed by atoms with E-state index < -0.39 is 0 Å². The molecule has 0 amide bonds. The maximum atomic E-state index is 9.03. The van der Waals surface area contributed by atoms with Gasteiger partial charge in [0, 0.05) is 25.0 Å². The molecule has 17 heavy (non-hydrogen) atoms. The Balaban J connectivity index is 1.82. The fourth-order valence-electron chi connectivity index (χ4n) is 3.30. The minimum Gasteiger partial charge on any atom is -0.375 e. The number of ether oxygens (including phenoxy) is 1. The maximum absolute atomic E-state index is 9.03. The highest BCUT2D eigenvalue weighted by Gasteiger charge is 2.40. The number of nitrogens with zero attached hydrogens (tertiary/aromatic N) is 3. The van der Waals surface area contributed by atoms with Crippen LogP contribution in [-0.2, 0) is 4.74 Å². The van der Waals surface area contributed by atoms with Gasteiger partial charge in [-0.1, -0.05) is 12.8 Å². The van der Waals surface area contributed by atoms with Gasteiger partial charge in [-0.05, 0) is 25.7 Å². The van der Waals surface area contributed by atoms with E-state index >= 15 is 0 Å². The predicted molar refractivity (Wildman–Crippen MR) is 62.4 cm³/mol. The van der Waals surface area contributed by atoms with Crippen molar-refractivity contribution in [2.75, 3.05) is 6.61 Å². The molecule has 0 aromatic carbocycles. The van der Waals surface area contributed by atoms with E-state index in [0.29, 0.717) is 11.9 Å².